The molecule has 1 N–H and O–H groups in total. The van der Waals surface area contributed by atoms with E-state index >= 15 is 0 Å². The van der Waals surface area contributed by atoms with Crippen LogP contribution < -0.4 is 5.32 Å². The normalized spacial score (nSPS) is 17.1. The number of benzene rings is 1. The summed E-state index contributed by atoms with van der Waals surface area (Å²) in [5, 5.41) is 16.8. The van der Waals surface area contributed by atoms with Gasteiger partial charge in [0.05, 0.1) is 0 Å². The predicted octanol–water partition coefficient (Wildman–Crippen LogP) is 2.22. The van der Waals surface area contributed by atoms with E-state index in [1.165, 1.54) is 11.4 Å². The molecular weight excluding hydrogens is 344 g/mol. The first-order valence-corrected chi connectivity index (χ1v) is 9.30. The van der Waals surface area contributed by atoms with Crippen LogP contribution in [0.4, 0.5) is 5.69 Å². The maximum absolute atomic E-state index is 12.4. The number of rotatable bonds is 3. The van der Waals surface area contributed by atoms with Gasteiger partial charge in [-0.1, -0.05) is 6.42 Å². The number of anilines is 1. The highest BCUT2D eigenvalue weighted by Gasteiger charge is 2.22. The number of fused-ring (bicyclic) bond motifs is 1. The minimum atomic E-state index is -0.279. The fourth-order valence-corrected chi connectivity index (χ4v) is 3.44. The molecule has 2 aromatic rings. The average molecular weight is 366 g/mol. The molecule has 1 aromatic heterocycles. The lowest BCUT2D eigenvalue weighted by atomic mass is 10.1. The zero-order valence-electron chi connectivity index (χ0n) is 15.3. The highest BCUT2D eigenvalue weighted by atomic mass is 16.2. The molecule has 0 spiro atoms. The van der Waals surface area contributed by atoms with E-state index in [0.29, 0.717) is 24.2 Å². The molecule has 0 radical (unpaired) electrons. The van der Waals surface area contributed by atoms with Crippen LogP contribution in [-0.4, -0.2) is 44.3 Å². The van der Waals surface area contributed by atoms with Gasteiger partial charge in [0.25, 0.3) is 5.91 Å². The Labute approximate surface area is 157 Å². The molecule has 0 aliphatic carbocycles. The summed E-state index contributed by atoms with van der Waals surface area (Å²) in [6.07, 6.45) is 5.16. The summed E-state index contributed by atoms with van der Waals surface area (Å²) < 4.78 is 2.20. The maximum atomic E-state index is 12.4. The Morgan fingerprint density at radius 2 is 1.85 bits per heavy atom. The molecule has 0 fully saturated rings. The van der Waals surface area contributed by atoms with Crippen molar-refractivity contribution in [1.82, 2.24) is 19.8 Å². The van der Waals surface area contributed by atoms with E-state index in [4.69, 9.17) is 0 Å². The average Bonchev–Trinajstić information content (AvgIpc) is 2.92. The van der Waals surface area contributed by atoms with Crippen LogP contribution in [0.1, 0.15) is 37.9 Å². The van der Waals surface area contributed by atoms with Crippen molar-refractivity contribution in [3.05, 3.63) is 30.1 Å². The third-order valence-corrected chi connectivity index (χ3v) is 4.98. The topological polar surface area (TPSA) is 92.5 Å². The van der Waals surface area contributed by atoms with Gasteiger partial charge in [0.15, 0.2) is 5.82 Å². The molecule has 3 heterocycles. The Kier molecular flexibility index (Phi) is 4.70. The molecule has 0 atom stereocenters. The van der Waals surface area contributed by atoms with Gasteiger partial charge in [0.2, 0.25) is 5.91 Å². The van der Waals surface area contributed by atoms with Gasteiger partial charge in [-0.3, -0.25) is 9.59 Å². The van der Waals surface area contributed by atoms with Gasteiger partial charge < -0.3 is 9.88 Å². The number of carbonyl (C=O) groups excluding carboxylic acids is 2. The second-order valence-electron chi connectivity index (χ2n) is 6.90. The number of hydrogen-bond donors (Lipinski definition) is 1. The second kappa shape index (κ2) is 7.30. The second-order valence-corrected chi connectivity index (χ2v) is 6.90. The summed E-state index contributed by atoms with van der Waals surface area (Å²) in [4.78, 5) is 23.8. The fourth-order valence-electron chi connectivity index (χ4n) is 3.44. The molecule has 0 bridgehead atoms. The van der Waals surface area contributed by atoms with Crippen LogP contribution in [0.15, 0.2) is 29.4 Å². The van der Waals surface area contributed by atoms with Crippen molar-refractivity contribution in [2.45, 2.75) is 45.1 Å². The summed E-state index contributed by atoms with van der Waals surface area (Å²) in [6.45, 7) is 0.947. The number of hydrogen-bond acceptors (Lipinski definition) is 5. The van der Waals surface area contributed by atoms with Crippen LogP contribution in [0.25, 0.3) is 11.4 Å². The van der Waals surface area contributed by atoms with Gasteiger partial charge in [0.1, 0.15) is 11.5 Å². The largest absolute Gasteiger partial charge is 0.321 e. The minimum absolute atomic E-state index is 0.0802. The smallest absolute Gasteiger partial charge is 0.271 e. The SMILES string of the molecule is CN1N=C(C(=O)Nc2ccc(-c3nnc4n3CCCCC4)cc2)CCC1=O. The van der Waals surface area contributed by atoms with Crippen LogP contribution in [0.2, 0.25) is 0 Å². The molecule has 0 saturated heterocycles. The third-order valence-electron chi connectivity index (χ3n) is 4.98. The standard InChI is InChI=1S/C19H22N6O2/c1-24-17(26)11-10-15(23-24)19(27)20-14-8-6-13(7-9-14)18-22-21-16-5-3-2-4-12-25(16)18/h6-9H,2-5,10-12H2,1H3,(H,20,27). The number of carbonyl (C=O) groups is 2. The highest BCUT2D eigenvalue weighted by molar-refractivity contribution is 6.43. The lowest BCUT2D eigenvalue weighted by Gasteiger charge is -2.18. The highest BCUT2D eigenvalue weighted by Crippen LogP contribution is 2.24. The Balaban J connectivity index is 1.48. The van der Waals surface area contributed by atoms with E-state index in [1.54, 1.807) is 7.05 Å². The molecule has 2 aliphatic heterocycles. The summed E-state index contributed by atoms with van der Waals surface area (Å²) in [6, 6.07) is 7.58. The van der Waals surface area contributed by atoms with Crippen molar-refractivity contribution in [2.24, 2.45) is 5.10 Å². The number of amides is 2. The van der Waals surface area contributed by atoms with Gasteiger partial charge >= 0.3 is 0 Å². The quantitative estimate of drug-likeness (QED) is 0.901. The Morgan fingerprint density at radius 3 is 2.63 bits per heavy atom. The van der Waals surface area contributed by atoms with Crippen molar-refractivity contribution in [3.63, 3.8) is 0 Å². The number of aryl methyl sites for hydroxylation is 1. The zero-order valence-corrected chi connectivity index (χ0v) is 15.3. The van der Waals surface area contributed by atoms with Crippen molar-refractivity contribution in [2.75, 3.05) is 12.4 Å². The van der Waals surface area contributed by atoms with Crippen LogP contribution >= 0.6 is 0 Å². The van der Waals surface area contributed by atoms with E-state index in [-0.39, 0.29) is 11.8 Å². The van der Waals surface area contributed by atoms with Gasteiger partial charge in [0, 0.05) is 44.1 Å². The third kappa shape index (κ3) is 3.60. The lowest BCUT2D eigenvalue weighted by Crippen LogP contribution is -2.34. The van der Waals surface area contributed by atoms with E-state index in [1.807, 2.05) is 24.3 Å². The van der Waals surface area contributed by atoms with Crippen LogP contribution in [0.5, 0.6) is 0 Å². The van der Waals surface area contributed by atoms with Crippen molar-refractivity contribution >= 4 is 23.2 Å². The molecule has 2 amide bonds. The number of aromatic nitrogens is 3. The van der Waals surface area contributed by atoms with Crippen LogP contribution in [0.3, 0.4) is 0 Å². The summed E-state index contributed by atoms with van der Waals surface area (Å²) >= 11 is 0. The first-order valence-electron chi connectivity index (χ1n) is 9.30. The zero-order chi connectivity index (χ0) is 18.8. The van der Waals surface area contributed by atoms with E-state index in [9.17, 15) is 9.59 Å². The van der Waals surface area contributed by atoms with Gasteiger partial charge in [-0.15, -0.1) is 10.2 Å². The molecule has 2 aliphatic rings. The van der Waals surface area contributed by atoms with E-state index in [0.717, 1.165) is 43.0 Å². The number of nitrogens with zero attached hydrogens (tertiary/aromatic N) is 5. The molecule has 8 heteroatoms. The molecular formula is C19H22N6O2. The Morgan fingerprint density at radius 1 is 1.04 bits per heavy atom. The maximum Gasteiger partial charge on any atom is 0.271 e. The first-order chi connectivity index (χ1) is 13.1. The molecule has 0 saturated carbocycles. The van der Waals surface area contributed by atoms with Crippen LogP contribution in [-0.2, 0) is 22.6 Å². The monoisotopic (exact) mass is 366 g/mol. The predicted molar refractivity (Wildman–Crippen MR) is 101 cm³/mol. The number of hydrazone groups is 1. The summed E-state index contributed by atoms with van der Waals surface area (Å²) in [5.41, 5.74) is 2.03. The molecule has 8 nitrogen and oxygen atoms in total. The molecule has 27 heavy (non-hydrogen) atoms. The molecule has 1 aromatic carbocycles. The van der Waals surface area contributed by atoms with E-state index < -0.39 is 0 Å². The van der Waals surface area contributed by atoms with E-state index in [2.05, 4.69) is 25.2 Å². The van der Waals surface area contributed by atoms with Crippen molar-refractivity contribution in [1.29, 1.82) is 0 Å². The van der Waals surface area contributed by atoms with Crippen molar-refractivity contribution < 1.29 is 9.59 Å². The first kappa shape index (κ1) is 17.4. The lowest BCUT2D eigenvalue weighted by molar-refractivity contribution is -0.130. The Hall–Kier alpha value is -3.03. The molecule has 0 unspecified atom stereocenters. The summed E-state index contributed by atoms with van der Waals surface area (Å²) in [7, 11) is 1.56. The van der Waals surface area contributed by atoms with Crippen molar-refractivity contribution in [3.8, 4) is 11.4 Å². The van der Waals surface area contributed by atoms with Gasteiger partial charge in [-0.05, 0) is 37.1 Å². The summed E-state index contributed by atoms with van der Waals surface area (Å²) in [5.74, 6) is 1.57. The minimum Gasteiger partial charge on any atom is -0.321 e. The number of nitrogens with one attached hydrogen (secondary N) is 1. The van der Waals surface area contributed by atoms with Crippen LogP contribution in [0, 0.1) is 0 Å². The molecule has 4 rings (SSSR count). The molecule has 140 valence electrons. The fraction of sp³-hybridized carbons (Fsp3) is 0.421. The Bertz CT molecular complexity index is 899. The van der Waals surface area contributed by atoms with Gasteiger partial charge in [-0.2, -0.15) is 5.10 Å². The van der Waals surface area contributed by atoms with Gasteiger partial charge in [-0.25, -0.2) is 5.01 Å².